The van der Waals surface area contributed by atoms with Gasteiger partial charge >= 0.3 is 0 Å². The smallest absolute Gasteiger partial charge is 0.184 e. The average Bonchev–Trinajstić information content (AvgIpc) is 2.87. The van der Waals surface area contributed by atoms with Crippen LogP contribution in [-0.4, -0.2) is 189 Å². The van der Waals surface area contributed by atoms with Crippen molar-refractivity contribution in [3.63, 3.8) is 0 Å². The summed E-state index contributed by atoms with van der Waals surface area (Å²) in [5, 5.41) is 145. The Hall–Kier alpha value is -0.720. The summed E-state index contributed by atoms with van der Waals surface area (Å²) >= 11 is 0. The zero-order valence-electron chi connectivity index (χ0n) is 18.7. The first-order valence-corrected chi connectivity index (χ1v) is 10.7. The molecule has 15 N–H and O–H groups in total. The van der Waals surface area contributed by atoms with Crippen LogP contribution in [-0.2, 0) is 14.2 Å². The van der Waals surface area contributed by atoms with Crippen LogP contribution in [0.2, 0.25) is 0 Å². The van der Waals surface area contributed by atoms with E-state index >= 15 is 0 Å². The number of hydrogen-bond acceptors (Lipinski definition) is 18. The van der Waals surface area contributed by atoms with Crippen LogP contribution in [0, 0.1) is 0 Å². The zero-order valence-corrected chi connectivity index (χ0v) is 18.7. The van der Waals surface area contributed by atoms with Gasteiger partial charge in [-0.2, -0.15) is 0 Å². The van der Waals surface area contributed by atoms with Gasteiger partial charge in [-0.25, -0.2) is 0 Å². The van der Waals surface area contributed by atoms with Gasteiger partial charge in [0.15, 0.2) is 18.9 Å². The molecule has 36 heavy (non-hydrogen) atoms. The van der Waals surface area contributed by atoms with Crippen molar-refractivity contribution < 1.29 is 90.8 Å². The molecule has 0 aromatic carbocycles. The van der Waals surface area contributed by atoms with Gasteiger partial charge in [0.25, 0.3) is 0 Å². The van der Waals surface area contributed by atoms with E-state index in [1.807, 2.05) is 0 Å². The molecule has 1 saturated heterocycles. The number of aliphatic hydroxyl groups is 15. The third-order valence-corrected chi connectivity index (χ3v) is 5.54. The summed E-state index contributed by atoms with van der Waals surface area (Å²) in [7, 11) is 0. The average molecular weight is 540 g/mol. The quantitative estimate of drug-likeness (QED) is 0.0857. The number of hydrogen-bond donors (Lipinski definition) is 15. The van der Waals surface area contributed by atoms with Gasteiger partial charge in [-0.1, -0.05) is 0 Å². The molecule has 0 aromatic heterocycles. The van der Waals surface area contributed by atoms with Crippen molar-refractivity contribution in [2.24, 2.45) is 0 Å². The van der Waals surface area contributed by atoms with E-state index in [4.69, 9.17) is 24.4 Å². The predicted octanol–water partition coefficient (Wildman–Crippen LogP) is -9.66. The fourth-order valence-corrected chi connectivity index (χ4v) is 3.15. The normalized spacial score (nSPS) is 33.6. The third kappa shape index (κ3) is 8.39. The fourth-order valence-electron chi connectivity index (χ4n) is 3.15. The van der Waals surface area contributed by atoms with E-state index in [1.54, 1.807) is 0 Å². The lowest BCUT2D eigenvalue weighted by Crippen LogP contribution is -2.62. The van der Waals surface area contributed by atoms with E-state index in [1.165, 1.54) is 0 Å². The first kappa shape index (κ1) is 33.3. The van der Waals surface area contributed by atoms with E-state index in [-0.39, 0.29) is 0 Å². The largest absolute Gasteiger partial charge is 0.394 e. The number of aliphatic hydroxyl groups excluding tert-OH is 15. The Bertz CT molecular complexity index is 613. The molecule has 216 valence electrons. The second-order valence-corrected chi connectivity index (χ2v) is 8.20. The van der Waals surface area contributed by atoms with Crippen molar-refractivity contribution in [2.45, 2.75) is 92.1 Å². The van der Waals surface area contributed by atoms with Crippen molar-refractivity contribution in [3.8, 4) is 0 Å². The van der Waals surface area contributed by atoms with Crippen molar-refractivity contribution in [1.29, 1.82) is 0 Å². The van der Waals surface area contributed by atoms with Gasteiger partial charge in [-0.05, 0) is 0 Å². The minimum atomic E-state index is -2.42. The summed E-state index contributed by atoms with van der Waals surface area (Å²) in [6.45, 7) is -2.82. The van der Waals surface area contributed by atoms with Gasteiger partial charge in [0.05, 0.1) is 19.8 Å². The van der Waals surface area contributed by atoms with Crippen LogP contribution in [0.4, 0.5) is 0 Å². The molecule has 0 aliphatic carbocycles. The first-order chi connectivity index (χ1) is 16.7. The molecule has 18 heteroatoms. The second kappa shape index (κ2) is 15.0. The Kier molecular flexibility index (Phi) is 13.9. The van der Waals surface area contributed by atoms with E-state index < -0.39 is 112 Å². The summed E-state index contributed by atoms with van der Waals surface area (Å²) in [4.78, 5) is 0. The summed E-state index contributed by atoms with van der Waals surface area (Å²) in [6, 6.07) is 0. The lowest BCUT2D eigenvalue weighted by molar-refractivity contribution is -0.337. The topological polar surface area (TPSA) is 331 Å². The summed E-state index contributed by atoms with van der Waals surface area (Å²) < 4.78 is 14.6. The maximum absolute atomic E-state index is 10.2. The Morgan fingerprint density at radius 3 is 1.47 bits per heavy atom. The molecule has 1 heterocycles. The van der Waals surface area contributed by atoms with E-state index in [0.717, 1.165) is 0 Å². The fraction of sp³-hybridized carbons (Fsp3) is 1.00. The van der Waals surface area contributed by atoms with Gasteiger partial charge in [-0.3, -0.25) is 0 Å². The molecule has 0 spiro atoms. The van der Waals surface area contributed by atoms with Gasteiger partial charge in [0, 0.05) is 0 Å². The van der Waals surface area contributed by atoms with Crippen LogP contribution in [0.5, 0.6) is 0 Å². The highest BCUT2D eigenvalue weighted by molar-refractivity contribution is 4.91. The molecule has 0 bridgehead atoms. The highest BCUT2D eigenvalue weighted by Gasteiger charge is 2.47. The molecule has 0 amide bonds. The first-order valence-electron chi connectivity index (χ1n) is 10.7. The standard InChI is InChI=1S/C18H36O18/c19-1-4(21)7(23)10(26)13(29)16(31)34-3-6-9(25)12(28)15(18(33)35-6)36-17(32)14(30)11(27)8(24)5(22)2-20/h4-33H,1-3H2/t4-,5-,6-,7-,8-,9-,10+,11+,12+,13-,14-,15-,16?,17?,18+/m1/s1. The van der Waals surface area contributed by atoms with Gasteiger partial charge < -0.3 is 90.8 Å². The summed E-state index contributed by atoms with van der Waals surface area (Å²) in [5.41, 5.74) is 0. The Morgan fingerprint density at radius 2 is 1.03 bits per heavy atom. The lowest BCUT2D eigenvalue weighted by Gasteiger charge is -2.42. The molecule has 0 saturated carbocycles. The van der Waals surface area contributed by atoms with Crippen LogP contribution >= 0.6 is 0 Å². The molecular weight excluding hydrogens is 504 g/mol. The Labute approximate surface area is 203 Å². The highest BCUT2D eigenvalue weighted by atomic mass is 16.7. The molecule has 1 fully saturated rings. The van der Waals surface area contributed by atoms with Crippen molar-refractivity contribution in [1.82, 2.24) is 0 Å². The van der Waals surface area contributed by atoms with Gasteiger partial charge in [0.2, 0.25) is 0 Å². The van der Waals surface area contributed by atoms with Crippen LogP contribution in [0.15, 0.2) is 0 Å². The summed E-state index contributed by atoms with van der Waals surface area (Å²) in [5.74, 6) is 0. The zero-order chi connectivity index (χ0) is 27.9. The Balaban J connectivity index is 2.70. The molecule has 0 radical (unpaired) electrons. The molecule has 1 aliphatic rings. The second-order valence-electron chi connectivity index (χ2n) is 8.20. The molecule has 18 nitrogen and oxygen atoms in total. The Morgan fingerprint density at radius 1 is 0.583 bits per heavy atom. The van der Waals surface area contributed by atoms with Crippen LogP contribution in [0.3, 0.4) is 0 Å². The van der Waals surface area contributed by atoms with Crippen molar-refractivity contribution in [2.75, 3.05) is 19.8 Å². The third-order valence-electron chi connectivity index (χ3n) is 5.54. The number of rotatable bonds is 15. The van der Waals surface area contributed by atoms with Crippen molar-refractivity contribution >= 4 is 0 Å². The summed E-state index contributed by atoms with van der Waals surface area (Å²) in [6.07, 6.45) is -31.3. The maximum Gasteiger partial charge on any atom is 0.184 e. The lowest BCUT2D eigenvalue weighted by atomic mass is 9.98. The number of ether oxygens (including phenoxy) is 3. The highest BCUT2D eigenvalue weighted by Crippen LogP contribution is 2.25. The maximum atomic E-state index is 10.2. The molecule has 15 atom stereocenters. The minimum absolute atomic E-state index is 0.846. The van der Waals surface area contributed by atoms with Crippen LogP contribution < -0.4 is 0 Å². The molecule has 1 rings (SSSR count). The van der Waals surface area contributed by atoms with E-state index in [9.17, 15) is 66.4 Å². The molecular formula is C18H36O18. The van der Waals surface area contributed by atoms with Crippen LogP contribution in [0.25, 0.3) is 0 Å². The van der Waals surface area contributed by atoms with E-state index in [2.05, 4.69) is 0 Å². The molecule has 2 unspecified atom stereocenters. The minimum Gasteiger partial charge on any atom is -0.394 e. The predicted molar refractivity (Wildman–Crippen MR) is 108 cm³/mol. The van der Waals surface area contributed by atoms with Gasteiger partial charge in [0.1, 0.15) is 73.2 Å². The molecule has 1 aliphatic heterocycles. The SMILES string of the molecule is OC[C@@H](O)[C@@H](O)[C@H](O)[C@@H](O)C(O)OC[C@H]1O[C@H](O)[C@H](OC(O)[C@H](O)[C@@H](O)[C@H](O)[C@H](O)CO)[C@@H](O)[C@@H]1O. The van der Waals surface area contributed by atoms with Crippen molar-refractivity contribution in [3.05, 3.63) is 0 Å². The monoisotopic (exact) mass is 540 g/mol. The van der Waals surface area contributed by atoms with Crippen LogP contribution in [0.1, 0.15) is 0 Å². The van der Waals surface area contributed by atoms with E-state index in [0.29, 0.717) is 0 Å². The van der Waals surface area contributed by atoms with Gasteiger partial charge in [-0.15, -0.1) is 0 Å². The molecule has 0 aromatic rings.